The van der Waals surface area contributed by atoms with Gasteiger partial charge in [0.05, 0.1) is 16.9 Å². The van der Waals surface area contributed by atoms with Gasteiger partial charge in [-0.05, 0) is 34.4 Å². The average molecular weight is 321 g/mol. The van der Waals surface area contributed by atoms with Crippen LogP contribution < -0.4 is 5.43 Å². The molecule has 2 aliphatic rings. The van der Waals surface area contributed by atoms with Crippen molar-refractivity contribution in [2.45, 2.75) is 0 Å². The van der Waals surface area contributed by atoms with Gasteiger partial charge >= 0.3 is 0 Å². The van der Waals surface area contributed by atoms with E-state index in [0.717, 1.165) is 27.7 Å². The number of hydrogen-bond donors (Lipinski definition) is 0. The van der Waals surface area contributed by atoms with E-state index in [9.17, 15) is 4.79 Å². The number of benzene rings is 4. The summed E-state index contributed by atoms with van der Waals surface area (Å²) in [5, 5.41) is 4.42. The highest BCUT2D eigenvalue weighted by atomic mass is 16.1. The van der Waals surface area contributed by atoms with Crippen molar-refractivity contribution in [1.82, 2.24) is 4.57 Å². The van der Waals surface area contributed by atoms with E-state index in [0.29, 0.717) is 0 Å². The fourth-order valence-electron chi connectivity index (χ4n) is 3.65. The zero-order valence-electron chi connectivity index (χ0n) is 13.5. The standard InChI is InChI=1S/C23H15NO/c25-22-14-6-13-21-23(22)19-11-4-2-8-17(19)15-24(21)20-12-5-9-16-7-1-3-10-18(16)20/h1-15H. The molecule has 2 heteroatoms. The molecule has 118 valence electrons. The lowest BCUT2D eigenvalue weighted by Crippen LogP contribution is -2.11. The number of aromatic nitrogens is 1. The van der Waals surface area contributed by atoms with Gasteiger partial charge in [0.1, 0.15) is 0 Å². The lowest BCUT2D eigenvalue weighted by molar-refractivity contribution is 1.08. The van der Waals surface area contributed by atoms with Crippen molar-refractivity contribution in [3.8, 4) is 16.9 Å². The maximum Gasteiger partial charge on any atom is 0.188 e. The van der Waals surface area contributed by atoms with E-state index in [1.165, 1.54) is 10.8 Å². The van der Waals surface area contributed by atoms with E-state index in [-0.39, 0.29) is 5.43 Å². The van der Waals surface area contributed by atoms with Crippen LogP contribution in [-0.4, -0.2) is 4.57 Å². The average Bonchev–Trinajstić information content (AvgIpc) is 2.67. The molecule has 1 aliphatic heterocycles. The van der Waals surface area contributed by atoms with E-state index in [2.05, 4.69) is 53.2 Å². The Bertz CT molecular complexity index is 1260. The molecule has 0 N–H and O–H groups in total. The summed E-state index contributed by atoms with van der Waals surface area (Å²) in [4.78, 5) is 12.6. The molecular formula is C23H15NO. The molecule has 0 radical (unpaired) electrons. The fourth-order valence-corrected chi connectivity index (χ4v) is 3.65. The quantitative estimate of drug-likeness (QED) is 0.387. The van der Waals surface area contributed by atoms with Crippen LogP contribution in [0, 0.1) is 0 Å². The van der Waals surface area contributed by atoms with Crippen LogP contribution in [0.4, 0.5) is 0 Å². The minimum absolute atomic E-state index is 0.0586. The molecule has 5 rings (SSSR count). The predicted octanol–water partition coefficient (Wildman–Crippen LogP) is 5.25. The van der Waals surface area contributed by atoms with Gasteiger partial charge < -0.3 is 4.57 Å². The first-order chi connectivity index (χ1) is 12.3. The van der Waals surface area contributed by atoms with Crippen molar-refractivity contribution >= 4 is 21.5 Å². The summed E-state index contributed by atoms with van der Waals surface area (Å²) in [5.74, 6) is 0. The molecule has 3 aromatic carbocycles. The molecule has 0 aromatic heterocycles. The third kappa shape index (κ3) is 2.08. The highest BCUT2D eigenvalue weighted by molar-refractivity contribution is 5.98. The minimum Gasteiger partial charge on any atom is -0.315 e. The third-order valence-corrected chi connectivity index (χ3v) is 4.79. The van der Waals surface area contributed by atoms with Gasteiger partial charge in [0.15, 0.2) is 5.43 Å². The van der Waals surface area contributed by atoms with E-state index in [1.807, 2.05) is 36.4 Å². The smallest absolute Gasteiger partial charge is 0.188 e. The molecular weight excluding hydrogens is 306 g/mol. The van der Waals surface area contributed by atoms with Crippen molar-refractivity contribution < 1.29 is 0 Å². The van der Waals surface area contributed by atoms with Crippen LogP contribution in [0.3, 0.4) is 0 Å². The van der Waals surface area contributed by atoms with Crippen LogP contribution in [0.2, 0.25) is 0 Å². The first-order valence-corrected chi connectivity index (χ1v) is 8.34. The Morgan fingerprint density at radius 3 is 2.16 bits per heavy atom. The number of fused-ring (bicyclic) bond motifs is 4. The molecule has 0 saturated carbocycles. The van der Waals surface area contributed by atoms with Crippen LogP contribution in [0.5, 0.6) is 0 Å². The predicted molar refractivity (Wildman–Crippen MR) is 104 cm³/mol. The second-order valence-corrected chi connectivity index (χ2v) is 6.23. The van der Waals surface area contributed by atoms with Gasteiger partial charge in [-0.15, -0.1) is 0 Å². The normalized spacial score (nSPS) is 11.4. The Morgan fingerprint density at radius 1 is 0.600 bits per heavy atom. The van der Waals surface area contributed by atoms with Gasteiger partial charge in [-0.3, -0.25) is 4.79 Å². The van der Waals surface area contributed by atoms with E-state index < -0.39 is 0 Å². The van der Waals surface area contributed by atoms with Crippen molar-refractivity contribution in [3.63, 3.8) is 0 Å². The molecule has 3 aromatic rings. The summed E-state index contributed by atoms with van der Waals surface area (Å²) in [7, 11) is 0. The molecule has 0 fully saturated rings. The highest BCUT2D eigenvalue weighted by Crippen LogP contribution is 2.32. The van der Waals surface area contributed by atoms with Crippen molar-refractivity contribution in [3.05, 3.63) is 101 Å². The highest BCUT2D eigenvalue weighted by Gasteiger charge is 2.16. The summed E-state index contributed by atoms with van der Waals surface area (Å²) >= 11 is 0. The fraction of sp³-hybridized carbons (Fsp3) is 0. The summed E-state index contributed by atoms with van der Waals surface area (Å²) < 4.78 is 2.14. The van der Waals surface area contributed by atoms with Gasteiger partial charge in [-0.1, -0.05) is 66.7 Å². The van der Waals surface area contributed by atoms with Gasteiger partial charge in [0.25, 0.3) is 0 Å². The second-order valence-electron chi connectivity index (χ2n) is 6.23. The lowest BCUT2D eigenvalue weighted by Gasteiger charge is -2.19. The Hall–Kier alpha value is -3.39. The number of nitrogens with zero attached hydrogens (tertiary/aromatic N) is 1. The second kappa shape index (κ2) is 5.32. The van der Waals surface area contributed by atoms with Crippen LogP contribution >= 0.6 is 0 Å². The molecule has 0 amide bonds. The van der Waals surface area contributed by atoms with E-state index in [1.54, 1.807) is 6.07 Å². The zero-order chi connectivity index (χ0) is 16.8. The van der Waals surface area contributed by atoms with Crippen LogP contribution in [0.1, 0.15) is 0 Å². The summed E-state index contributed by atoms with van der Waals surface area (Å²) in [6.45, 7) is 0. The van der Waals surface area contributed by atoms with Gasteiger partial charge in [-0.2, -0.15) is 0 Å². The van der Waals surface area contributed by atoms with Crippen LogP contribution in [0.25, 0.3) is 38.5 Å². The van der Waals surface area contributed by atoms with Crippen molar-refractivity contribution in [2.75, 3.05) is 0 Å². The van der Waals surface area contributed by atoms with Crippen molar-refractivity contribution in [1.29, 1.82) is 0 Å². The first-order valence-electron chi connectivity index (χ1n) is 8.34. The molecule has 1 heterocycles. The Labute approximate surface area is 144 Å². The minimum atomic E-state index is 0.0586. The summed E-state index contributed by atoms with van der Waals surface area (Å²) in [6, 6.07) is 28.2. The van der Waals surface area contributed by atoms with E-state index in [4.69, 9.17) is 0 Å². The van der Waals surface area contributed by atoms with Gasteiger partial charge in [0, 0.05) is 11.6 Å². The molecule has 2 nitrogen and oxygen atoms in total. The van der Waals surface area contributed by atoms with Crippen molar-refractivity contribution in [2.24, 2.45) is 0 Å². The van der Waals surface area contributed by atoms with Crippen LogP contribution in [0.15, 0.2) is 95.9 Å². The number of pyridine rings is 1. The number of hydrogen-bond acceptors (Lipinski definition) is 1. The SMILES string of the molecule is O=c1cccc2n(-c3cccc4ccccc34)cc3ccccc3c1-2. The largest absolute Gasteiger partial charge is 0.315 e. The molecule has 0 saturated heterocycles. The summed E-state index contributed by atoms with van der Waals surface area (Å²) in [6.07, 6.45) is 2.12. The zero-order valence-corrected chi connectivity index (χ0v) is 13.5. The molecule has 0 bridgehead atoms. The molecule has 1 aliphatic carbocycles. The van der Waals surface area contributed by atoms with Crippen LogP contribution in [-0.2, 0) is 0 Å². The molecule has 0 atom stereocenters. The maximum atomic E-state index is 12.6. The first kappa shape index (κ1) is 14.0. The third-order valence-electron chi connectivity index (χ3n) is 4.79. The van der Waals surface area contributed by atoms with Gasteiger partial charge in [0.2, 0.25) is 0 Å². The summed E-state index contributed by atoms with van der Waals surface area (Å²) in [5.41, 5.74) is 2.85. The Morgan fingerprint density at radius 2 is 1.28 bits per heavy atom. The molecule has 0 unspecified atom stereocenters. The Kier molecular flexibility index (Phi) is 2.98. The molecule has 25 heavy (non-hydrogen) atoms. The lowest BCUT2D eigenvalue weighted by atomic mass is 9.99. The molecule has 0 spiro atoms. The monoisotopic (exact) mass is 321 g/mol. The number of rotatable bonds is 1. The van der Waals surface area contributed by atoms with E-state index >= 15 is 0 Å². The van der Waals surface area contributed by atoms with Gasteiger partial charge in [-0.25, -0.2) is 0 Å². The maximum absolute atomic E-state index is 12.6. The topological polar surface area (TPSA) is 22.0 Å². The Balaban J connectivity index is 1.99.